The smallest absolute Gasteiger partial charge is 0.167 e. The molecule has 3 aromatic rings. The standard InChI is InChI=1S/C19H18N2OS/c1-19(2)8-13-16(14(22)9-19)17(20)15-12(10-23-18(15)21-13)11-6-4-3-5-7-11/h3-7,10H,8-9H2,1-2H3,(H2,20,21). The molecule has 2 aromatic heterocycles. The number of carbonyl (C=O) groups excluding carboxylic acids is 1. The zero-order valence-corrected chi connectivity index (χ0v) is 14.0. The highest BCUT2D eigenvalue weighted by Gasteiger charge is 2.34. The maximum Gasteiger partial charge on any atom is 0.167 e. The van der Waals surface area contributed by atoms with Gasteiger partial charge in [-0.05, 0) is 17.4 Å². The number of nitrogens with two attached hydrogens (primary N) is 1. The van der Waals surface area contributed by atoms with Crippen LogP contribution in [0.5, 0.6) is 0 Å². The average molecular weight is 322 g/mol. The van der Waals surface area contributed by atoms with Crippen molar-refractivity contribution >= 4 is 33.0 Å². The van der Waals surface area contributed by atoms with Crippen LogP contribution in [0, 0.1) is 5.41 Å². The summed E-state index contributed by atoms with van der Waals surface area (Å²) in [6.45, 7) is 4.22. The first-order valence-electron chi connectivity index (χ1n) is 7.74. The van der Waals surface area contributed by atoms with E-state index in [0.717, 1.165) is 33.5 Å². The number of pyridine rings is 1. The first kappa shape index (κ1) is 14.4. The summed E-state index contributed by atoms with van der Waals surface area (Å²) in [5.41, 5.74) is 10.7. The number of Topliss-reactive ketones (excluding diaryl/α,β-unsaturated/α-hetero) is 1. The highest BCUT2D eigenvalue weighted by molar-refractivity contribution is 7.17. The molecule has 0 unspecified atom stereocenters. The number of ketones is 1. The van der Waals surface area contributed by atoms with Crippen molar-refractivity contribution in [2.24, 2.45) is 5.41 Å². The molecular weight excluding hydrogens is 304 g/mol. The van der Waals surface area contributed by atoms with Crippen LogP contribution in [0.15, 0.2) is 35.7 Å². The summed E-state index contributed by atoms with van der Waals surface area (Å²) >= 11 is 1.59. The van der Waals surface area contributed by atoms with Gasteiger partial charge in [-0.2, -0.15) is 0 Å². The zero-order valence-electron chi connectivity index (χ0n) is 13.2. The minimum absolute atomic E-state index is 0.0449. The number of hydrogen-bond donors (Lipinski definition) is 1. The second kappa shape index (κ2) is 4.90. The van der Waals surface area contributed by atoms with Crippen LogP contribution in [0.1, 0.15) is 36.3 Å². The third kappa shape index (κ3) is 2.25. The van der Waals surface area contributed by atoms with Gasteiger partial charge in [-0.25, -0.2) is 4.98 Å². The molecule has 3 nitrogen and oxygen atoms in total. The van der Waals surface area contributed by atoms with Crippen LogP contribution >= 0.6 is 11.3 Å². The number of nitrogens with zero attached hydrogens (tertiary/aromatic N) is 1. The van der Waals surface area contributed by atoms with Crippen LogP contribution in [-0.2, 0) is 6.42 Å². The Labute approximate surface area is 139 Å². The lowest BCUT2D eigenvalue weighted by molar-refractivity contribution is 0.0912. The fourth-order valence-electron chi connectivity index (χ4n) is 3.46. The average Bonchev–Trinajstić information content (AvgIpc) is 2.90. The summed E-state index contributed by atoms with van der Waals surface area (Å²) in [5, 5.41) is 3.01. The Hall–Kier alpha value is -2.20. The Morgan fingerprint density at radius 2 is 1.91 bits per heavy atom. The molecule has 0 aliphatic heterocycles. The molecule has 1 aliphatic carbocycles. The molecular formula is C19H18N2OS. The lowest BCUT2D eigenvalue weighted by atomic mass is 9.75. The largest absolute Gasteiger partial charge is 0.397 e. The number of nitrogen functional groups attached to an aromatic ring is 1. The van der Waals surface area contributed by atoms with E-state index in [1.807, 2.05) is 18.2 Å². The monoisotopic (exact) mass is 322 g/mol. The molecule has 2 heterocycles. The number of rotatable bonds is 1. The second-order valence-corrected chi connectivity index (χ2v) is 7.84. The second-order valence-electron chi connectivity index (χ2n) is 6.98. The van der Waals surface area contributed by atoms with Crippen molar-refractivity contribution in [3.8, 4) is 11.1 Å². The van der Waals surface area contributed by atoms with E-state index < -0.39 is 0 Å². The number of thiophene rings is 1. The molecule has 1 aliphatic rings. The van der Waals surface area contributed by atoms with Gasteiger partial charge >= 0.3 is 0 Å². The molecule has 0 radical (unpaired) electrons. The third-order valence-corrected chi connectivity index (χ3v) is 5.36. The van der Waals surface area contributed by atoms with Gasteiger partial charge in [0.2, 0.25) is 0 Å². The summed E-state index contributed by atoms with van der Waals surface area (Å²) in [6, 6.07) is 10.1. The third-order valence-electron chi connectivity index (χ3n) is 4.48. The fourth-order valence-corrected chi connectivity index (χ4v) is 4.44. The van der Waals surface area contributed by atoms with Gasteiger partial charge < -0.3 is 5.73 Å². The van der Waals surface area contributed by atoms with E-state index in [2.05, 4.69) is 31.4 Å². The number of anilines is 1. The molecule has 4 heteroatoms. The highest BCUT2D eigenvalue weighted by Crippen LogP contribution is 2.43. The Morgan fingerprint density at radius 1 is 1.17 bits per heavy atom. The van der Waals surface area contributed by atoms with E-state index in [1.165, 1.54) is 0 Å². The molecule has 116 valence electrons. The van der Waals surface area contributed by atoms with Crippen LogP contribution in [0.2, 0.25) is 0 Å². The van der Waals surface area contributed by atoms with Gasteiger partial charge in [0.25, 0.3) is 0 Å². The van der Waals surface area contributed by atoms with Gasteiger partial charge in [0, 0.05) is 22.8 Å². The molecule has 0 saturated heterocycles. The first-order chi connectivity index (χ1) is 11.0. The topological polar surface area (TPSA) is 56.0 Å². The lowest BCUT2D eigenvalue weighted by Gasteiger charge is -2.30. The van der Waals surface area contributed by atoms with Crippen molar-refractivity contribution in [3.63, 3.8) is 0 Å². The number of hydrogen-bond acceptors (Lipinski definition) is 4. The van der Waals surface area contributed by atoms with E-state index in [-0.39, 0.29) is 11.2 Å². The molecule has 0 spiro atoms. The molecule has 0 atom stereocenters. The van der Waals surface area contributed by atoms with E-state index in [0.29, 0.717) is 17.7 Å². The first-order valence-corrected chi connectivity index (χ1v) is 8.62. The van der Waals surface area contributed by atoms with E-state index >= 15 is 0 Å². The Bertz CT molecular complexity index is 925. The molecule has 4 rings (SSSR count). The Balaban J connectivity index is 2.00. The summed E-state index contributed by atoms with van der Waals surface area (Å²) in [6.07, 6.45) is 1.33. The molecule has 0 bridgehead atoms. The Morgan fingerprint density at radius 3 is 2.65 bits per heavy atom. The van der Waals surface area contributed by atoms with Crippen LogP contribution < -0.4 is 5.73 Å². The highest BCUT2D eigenvalue weighted by atomic mass is 32.1. The van der Waals surface area contributed by atoms with Gasteiger partial charge in [-0.3, -0.25) is 4.79 Å². The number of benzene rings is 1. The predicted octanol–water partition coefficient (Wildman–Crippen LogP) is 4.70. The van der Waals surface area contributed by atoms with Crippen molar-refractivity contribution in [2.45, 2.75) is 26.7 Å². The Kier molecular flexibility index (Phi) is 3.07. The molecule has 23 heavy (non-hydrogen) atoms. The van der Waals surface area contributed by atoms with Crippen molar-refractivity contribution in [1.82, 2.24) is 4.98 Å². The van der Waals surface area contributed by atoms with Gasteiger partial charge in [-0.1, -0.05) is 44.2 Å². The van der Waals surface area contributed by atoms with E-state index in [9.17, 15) is 4.79 Å². The van der Waals surface area contributed by atoms with Crippen LogP contribution in [0.25, 0.3) is 21.3 Å². The summed E-state index contributed by atoms with van der Waals surface area (Å²) in [7, 11) is 0. The predicted molar refractivity (Wildman–Crippen MR) is 95.9 cm³/mol. The summed E-state index contributed by atoms with van der Waals surface area (Å²) < 4.78 is 0. The molecule has 0 fully saturated rings. The number of fused-ring (bicyclic) bond motifs is 2. The zero-order chi connectivity index (χ0) is 16.2. The maximum atomic E-state index is 12.6. The van der Waals surface area contributed by atoms with Gasteiger partial charge in [0.05, 0.1) is 16.9 Å². The van der Waals surface area contributed by atoms with Crippen molar-refractivity contribution in [1.29, 1.82) is 0 Å². The van der Waals surface area contributed by atoms with Gasteiger partial charge in [-0.15, -0.1) is 11.3 Å². The van der Waals surface area contributed by atoms with Crippen molar-refractivity contribution in [3.05, 3.63) is 47.0 Å². The lowest BCUT2D eigenvalue weighted by Crippen LogP contribution is -2.28. The van der Waals surface area contributed by atoms with Gasteiger partial charge in [0.1, 0.15) is 4.83 Å². The van der Waals surface area contributed by atoms with Gasteiger partial charge in [0.15, 0.2) is 5.78 Å². The van der Waals surface area contributed by atoms with Crippen LogP contribution in [0.4, 0.5) is 5.69 Å². The molecule has 2 N–H and O–H groups in total. The summed E-state index contributed by atoms with van der Waals surface area (Å²) in [4.78, 5) is 18.3. The quantitative estimate of drug-likeness (QED) is 0.706. The minimum Gasteiger partial charge on any atom is -0.397 e. The van der Waals surface area contributed by atoms with Crippen LogP contribution in [0.3, 0.4) is 0 Å². The minimum atomic E-state index is -0.0449. The van der Waals surface area contributed by atoms with E-state index in [4.69, 9.17) is 10.7 Å². The normalized spacial score (nSPS) is 16.5. The molecule has 1 aromatic carbocycles. The maximum absolute atomic E-state index is 12.6. The van der Waals surface area contributed by atoms with Crippen molar-refractivity contribution < 1.29 is 4.79 Å². The van der Waals surface area contributed by atoms with Crippen molar-refractivity contribution in [2.75, 3.05) is 5.73 Å². The fraction of sp³-hybridized carbons (Fsp3) is 0.263. The summed E-state index contributed by atoms with van der Waals surface area (Å²) in [5.74, 6) is 0.119. The molecule has 0 amide bonds. The number of carbonyl (C=O) groups is 1. The van der Waals surface area contributed by atoms with Crippen LogP contribution in [-0.4, -0.2) is 10.8 Å². The molecule has 0 saturated carbocycles. The number of aromatic nitrogens is 1. The van der Waals surface area contributed by atoms with E-state index in [1.54, 1.807) is 11.3 Å². The SMILES string of the molecule is CC1(C)CC(=O)c2c(nc3scc(-c4ccccc4)c3c2N)C1.